The number of hydrogen-bond acceptors (Lipinski definition) is 1. The van der Waals surface area contributed by atoms with Gasteiger partial charge in [-0.25, -0.2) is 0 Å². The van der Waals surface area contributed by atoms with Gasteiger partial charge in [0.25, 0.3) is 0 Å². The molecule has 0 saturated heterocycles. The number of para-hydroxylation sites is 3. The fourth-order valence-electron chi connectivity index (χ4n) is 8.97. The molecule has 9 aromatic carbocycles. The highest BCUT2D eigenvalue weighted by atomic mass is 32.1. The Morgan fingerprint density at radius 1 is 0.291 bits per heavy atom. The van der Waals surface area contributed by atoms with Gasteiger partial charge in [-0.2, -0.15) is 0 Å². The third-order valence-corrected chi connectivity index (χ3v) is 12.6. The molecule has 0 aliphatic carbocycles. The summed E-state index contributed by atoms with van der Waals surface area (Å²) in [6.45, 7) is 0. The molecule has 2 nitrogen and oxygen atoms in total. The first-order valence-corrected chi connectivity index (χ1v) is 19.7. The molecule has 55 heavy (non-hydrogen) atoms. The van der Waals surface area contributed by atoms with E-state index in [2.05, 4.69) is 203 Å². The van der Waals surface area contributed by atoms with Gasteiger partial charge in [0.15, 0.2) is 0 Å². The Kier molecular flexibility index (Phi) is 6.54. The summed E-state index contributed by atoms with van der Waals surface area (Å²) in [7, 11) is 0. The third-order valence-electron chi connectivity index (χ3n) is 11.5. The van der Waals surface area contributed by atoms with Gasteiger partial charge in [-0.15, -0.1) is 11.3 Å². The molecule has 0 bridgehead atoms. The van der Waals surface area contributed by atoms with Crippen LogP contribution in [0, 0.1) is 0 Å². The van der Waals surface area contributed by atoms with Crippen LogP contribution >= 0.6 is 11.3 Å². The lowest BCUT2D eigenvalue weighted by Crippen LogP contribution is -1.96. The number of benzene rings is 9. The second-order valence-electron chi connectivity index (χ2n) is 14.5. The van der Waals surface area contributed by atoms with Gasteiger partial charge in [0.05, 0.1) is 27.8 Å². The van der Waals surface area contributed by atoms with Crippen LogP contribution < -0.4 is 0 Å². The minimum Gasteiger partial charge on any atom is -0.309 e. The van der Waals surface area contributed by atoms with Crippen LogP contribution in [-0.4, -0.2) is 9.13 Å². The molecule has 3 heteroatoms. The molecule has 0 aliphatic heterocycles. The zero-order valence-corrected chi connectivity index (χ0v) is 30.6. The zero-order chi connectivity index (χ0) is 36.0. The van der Waals surface area contributed by atoms with Crippen molar-refractivity contribution >= 4 is 85.9 Å². The molecule has 0 N–H and O–H groups in total. The van der Waals surface area contributed by atoms with Gasteiger partial charge in [0.1, 0.15) is 0 Å². The number of thiophene rings is 1. The van der Waals surface area contributed by atoms with Crippen molar-refractivity contribution in [2.24, 2.45) is 0 Å². The van der Waals surface area contributed by atoms with Crippen molar-refractivity contribution < 1.29 is 0 Å². The molecule has 3 heterocycles. The molecule has 256 valence electrons. The standard InChI is InChI=1S/C52H32N2S/c1-2-13-38(14-3-1)53-46-19-9-6-16-40(46)43-29-33(22-25-48(43)53)34-23-26-49-44(30-34)41-17-7-10-20-47(41)54(49)50-32-37(28-36-12-4-5-15-39(36)50)35-24-27-52-45(31-35)42-18-8-11-21-51(42)55-52/h1-32H. The molecule has 0 amide bonds. The number of aromatic nitrogens is 2. The van der Waals surface area contributed by atoms with Crippen LogP contribution in [0.15, 0.2) is 194 Å². The first-order valence-electron chi connectivity index (χ1n) is 18.8. The van der Waals surface area contributed by atoms with E-state index in [1.807, 2.05) is 11.3 Å². The van der Waals surface area contributed by atoms with E-state index < -0.39 is 0 Å². The molecule has 0 aliphatic rings. The largest absolute Gasteiger partial charge is 0.309 e. The van der Waals surface area contributed by atoms with Crippen molar-refractivity contribution in [3.8, 4) is 33.6 Å². The summed E-state index contributed by atoms with van der Waals surface area (Å²) >= 11 is 1.87. The monoisotopic (exact) mass is 716 g/mol. The molecular weight excluding hydrogens is 685 g/mol. The smallest absolute Gasteiger partial charge is 0.0546 e. The quantitative estimate of drug-likeness (QED) is 0.172. The molecule has 12 rings (SSSR count). The van der Waals surface area contributed by atoms with Crippen LogP contribution in [0.5, 0.6) is 0 Å². The number of nitrogens with zero attached hydrogens (tertiary/aromatic N) is 2. The van der Waals surface area contributed by atoms with Crippen LogP contribution in [0.1, 0.15) is 0 Å². The number of hydrogen-bond donors (Lipinski definition) is 0. The van der Waals surface area contributed by atoms with Crippen molar-refractivity contribution in [3.05, 3.63) is 194 Å². The highest BCUT2D eigenvalue weighted by molar-refractivity contribution is 7.25. The van der Waals surface area contributed by atoms with Crippen LogP contribution in [-0.2, 0) is 0 Å². The Morgan fingerprint density at radius 2 is 0.800 bits per heavy atom. The van der Waals surface area contributed by atoms with E-state index >= 15 is 0 Å². The summed E-state index contributed by atoms with van der Waals surface area (Å²) in [6.07, 6.45) is 0. The maximum absolute atomic E-state index is 2.48. The molecule has 0 saturated carbocycles. The summed E-state index contributed by atoms with van der Waals surface area (Å²) in [4.78, 5) is 0. The van der Waals surface area contributed by atoms with Gasteiger partial charge in [-0.05, 0) is 107 Å². The normalized spacial score (nSPS) is 12.0. The van der Waals surface area contributed by atoms with Crippen molar-refractivity contribution in [1.29, 1.82) is 0 Å². The van der Waals surface area contributed by atoms with E-state index in [9.17, 15) is 0 Å². The van der Waals surface area contributed by atoms with E-state index in [1.54, 1.807) is 0 Å². The maximum Gasteiger partial charge on any atom is 0.0546 e. The lowest BCUT2D eigenvalue weighted by atomic mass is 9.98. The summed E-state index contributed by atoms with van der Waals surface area (Å²) in [6, 6.07) is 71.6. The fourth-order valence-corrected chi connectivity index (χ4v) is 10.1. The summed E-state index contributed by atoms with van der Waals surface area (Å²) in [5.74, 6) is 0. The Labute approximate surface area is 321 Å². The van der Waals surface area contributed by atoms with Crippen LogP contribution in [0.3, 0.4) is 0 Å². The molecule has 3 aromatic heterocycles. The lowest BCUT2D eigenvalue weighted by molar-refractivity contribution is 1.18. The number of rotatable bonds is 4. The average Bonchev–Trinajstić information content (AvgIpc) is 3.90. The van der Waals surface area contributed by atoms with Crippen LogP contribution in [0.4, 0.5) is 0 Å². The first-order chi connectivity index (χ1) is 27.3. The minimum absolute atomic E-state index is 1.17. The van der Waals surface area contributed by atoms with Crippen LogP contribution in [0.2, 0.25) is 0 Å². The highest BCUT2D eigenvalue weighted by Crippen LogP contribution is 2.42. The van der Waals surface area contributed by atoms with Gasteiger partial charge in [-0.1, -0.05) is 115 Å². The van der Waals surface area contributed by atoms with Crippen LogP contribution in [0.25, 0.3) is 108 Å². The minimum atomic E-state index is 1.17. The van der Waals surface area contributed by atoms with E-state index in [-0.39, 0.29) is 0 Å². The summed E-state index contributed by atoms with van der Waals surface area (Å²) < 4.78 is 7.52. The predicted molar refractivity (Wildman–Crippen MR) is 236 cm³/mol. The van der Waals surface area contributed by atoms with Gasteiger partial charge in [-0.3, -0.25) is 0 Å². The second-order valence-corrected chi connectivity index (χ2v) is 15.6. The average molecular weight is 717 g/mol. The third kappa shape index (κ3) is 4.60. The van der Waals surface area contributed by atoms with Gasteiger partial charge < -0.3 is 9.13 Å². The molecule has 0 spiro atoms. The van der Waals surface area contributed by atoms with Gasteiger partial charge in [0, 0.05) is 52.8 Å². The van der Waals surface area contributed by atoms with Crippen molar-refractivity contribution in [2.45, 2.75) is 0 Å². The predicted octanol–water partition coefficient (Wildman–Crippen LogP) is 14.7. The van der Waals surface area contributed by atoms with Crippen molar-refractivity contribution in [3.63, 3.8) is 0 Å². The topological polar surface area (TPSA) is 9.86 Å². The van der Waals surface area contributed by atoms with E-state index in [0.717, 1.165) is 0 Å². The molecular formula is C52H32N2S. The Balaban J connectivity index is 1.06. The molecule has 0 unspecified atom stereocenters. The number of fused-ring (bicyclic) bond motifs is 10. The van der Waals surface area contributed by atoms with Crippen molar-refractivity contribution in [1.82, 2.24) is 9.13 Å². The highest BCUT2D eigenvalue weighted by Gasteiger charge is 2.18. The van der Waals surface area contributed by atoms with E-state index in [0.29, 0.717) is 0 Å². The van der Waals surface area contributed by atoms with Crippen molar-refractivity contribution in [2.75, 3.05) is 0 Å². The maximum atomic E-state index is 2.48. The van der Waals surface area contributed by atoms with Gasteiger partial charge >= 0.3 is 0 Å². The first kappa shape index (κ1) is 30.5. The zero-order valence-electron chi connectivity index (χ0n) is 29.8. The van der Waals surface area contributed by atoms with Gasteiger partial charge in [0.2, 0.25) is 0 Å². The molecule has 12 aromatic rings. The molecule has 0 fully saturated rings. The second kappa shape index (κ2) is 11.8. The lowest BCUT2D eigenvalue weighted by Gasteiger charge is -2.15. The van der Waals surface area contributed by atoms with E-state index in [1.165, 1.54) is 108 Å². The summed E-state index contributed by atoms with van der Waals surface area (Å²) in [5, 5.41) is 10.1. The fraction of sp³-hybridized carbons (Fsp3) is 0. The summed E-state index contributed by atoms with van der Waals surface area (Å²) in [5.41, 5.74) is 12.1. The molecule has 0 atom stereocenters. The Morgan fingerprint density at radius 3 is 1.55 bits per heavy atom. The Hall–Kier alpha value is -6.94. The molecule has 0 radical (unpaired) electrons. The SMILES string of the molecule is c1ccc(-n2c3ccccc3c3cc(-c4ccc5c(c4)c4ccccc4n5-c4cc(-c5ccc6sc7ccccc7c6c5)cc5ccccc45)ccc32)cc1. The van der Waals surface area contributed by atoms with E-state index in [4.69, 9.17) is 0 Å². The Bertz CT molecular complexity index is 3490.